The van der Waals surface area contributed by atoms with E-state index in [4.69, 9.17) is 11.6 Å². The quantitative estimate of drug-likeness (QED) is 0.587. The number of rotatable bonds is 2. The molecule has 1 heterocycles. The first-order valence-electron chi connectivity index (χ1n) is 6.05. The van der Waals surface area contributed by atoms with Crippen LogP contribution >= 0.6 is 27.5 Å². The molecule has 2 unspecified atom stereocenters. The van der Waals surface area contributed by atoms with Crippen LogP contribution < -0.4 is 5.32 Å². The first-order chi connectivity index (χ1) is 9.32. The maximum Gasteiger partial charge on any atom is 0.392 e. The van der Waals surface area contributed by atoms with Crippen molar-refractivity contribution in [1.29, 1.82) is 0 Å². The van der Waals surface area contributed by atoms with Crippen LogP contribution in [0.3, 0.4) is 0 Å². The third kappa shape index (κ3) is 3.28. The maximum absolute atomic E-state index is 12.9. The molecule has 0 saturated heterocycles. The number of carbonyl (C=O) groups excluding carboxylic acids is 1. The van der Waals surface area contributed by atoms with Crippen LogP contribution in [0.1, 0.15) is 12.8 Å². The second-order valence-corrected chi connectivity index (χ2v) is 6.18. The Morgan fingerprint density at radius 3 is 2.75 bits per heavy atom. The van der Waals surface area contributed by atoms with Crippen molar-refractivity contribution in [3.63, 3.8) is 0 Å². The minimum Gasteiger partial charge on any atom is -0.372 e. The predicted molar refractivity (Wildman–Crippen MR) is 74.3 cm³/mol. The van der Waals surface area contributed by atoms with Gasteiger partial charge in [0.05, 0.1) is 11.5 Å². The van der Waals surface area contributed by atoms with Gasteiger partial charge < -0.3 is 5.32 Å². The molecule has 0 aromatic rings. The third-order valence-electron chi connectivity index (χ3n) is 3.47. The average Bonchev–Trinajstić information content (AvgIpc) is 2.36. The molecule has 0 bridgehead atoms. The highest BCUT2D eigenvalue weighted by atomic mass is 79.9. The Morgan fingerprint density at radius 2 is 2.15 bits per heavy atom. The summed E-state index contributed by atoms with van der Waals surface area (Å²) >= 11 is 9.07. The summed E-state index contributed by atoms with van der Waals surface area (Å²) in [5, 5.41) is 2.98. The number of alkyl halides is 3. The molecular formula is C13H12BrClF3NO. The monoisotopic (exact) mass is 369 g/mol. The molecule has 110 valence electrons. The minimum atomic E-state index is -4.24. The van der Waals surface area contributed by atoms with Crippen molar-refractivity contribution in [2.24, 2.45) is 11.8 Å². The molecule has 0 saturated carbocycles. The first kappa shape index (κ1) is 15.6. The van der Waals surface area contributed by atoms with E-state index in [-0.39, 0.29) is 23.6 Å². The van der Waals surface area contributed by atoms with Gasteiger partial charge in [0.2, 0.25) is 0 Å². The summed E-state index contributed by atoms with van der Waals surface area (Å²) in [6.07, 6.45) is -0.332. The molecule has 0 spiro atoms. The molecule has 1 aliphatic heterocycles. The lowest BCUT2D eigenvalue weighted by molar-refractivity contribution is -0.177. The Labute approximate surface area is 127 Å². The summed E-state index contributed by atoms with van der Waals surface area (Å²) in [5.41, 5.74) is 0.803. The molecule has 0 amide bonds. The molecule has 0 aromatic heterocycles. The van der Waals surface area contributed by atoms with Gasteiger partial charge in [0, 0.05) is 12.5 Å². The minimum absolute atomic E-state index is 0.0562. The fourth-order valence-corrected chi connectivity index (χ4v) is 3.44. The summed E-state index contributed by atoms with van der Waals surface area (Å²) in [6.45, 7) is 0.407. The Morgan fingerprint density at radius 1 is 1.45 bits per heavy atom. The third-order valence-corrected chi connectivity index (χ3v) is 4.39. The normalized spacial score (nSPS) is 27.6. The smallest absolute Gasteiger partial charge is 0.372 e. The van der Waals surface area contributed by atoms with Crippen LogP contribution in [0.5, 0.6) is 0 Å². The van der Waals surface area contributed by atoms with Gasteiger partial charge in [-0.1, -0.05) is 39.7 Å². The standard InChI is InChI=1S/C13H12BrClF3NO/c14-9-4-7(3-8(5-9)13(16,17)18)10-1-2-19-12(15)11(10)6-20/h1,4,6-8,19H,2-3,5H2. The number of aldehydes is 1. The zero-order valence-corrected chi connectivity index (χ0v) is 12.6. The summed E-state index contributed by atoms with van der Waals surface area (Å²) < 4.78 is 39.3. The van der Waals surface area contributed by atoms with E-state index in [9.17, 15) is 18.0 Å². The van der Waals surface area contributed by atoms with Crippen molar-refractivity contribution in [2.45, 2.75) is 19.0 Å². The van der Waals surface area contributed by atoms with Crippen LogP contribution in [0.4, 0.5) is 13.2 Å². The number of halogens is 5. The topological polar surface area (TPSA) is 29.1 Å². The molecular weight excluding hydrogens is 359 g/mol. The number of dihydropyridines is 1. The van der Waals surface area contributed by atoms with Gasteiger partial charge in [0.1, 0.15) is 5.16 Å². The number of allylic oxidation sites excluding steroid dienone is 4. The fraction of sp³-hybridized carbons (Fsp3) is 0.462. The van der Waals surface area contributed by atoms with Crippen LogP contribution in [-0.4, -0.2) is 19.0 Å². The Hall–Kier alpha value is -0.750. The van der Waals surface area contributed by atoms with Gasteiger partial charge in [-0.15, -0.1) is 0 Å². The van der Waals surface area contributed by atoms with Crippen LogP contribution in [0.25, 0.3) is 0 Å². The number of hydrogen-bond donors (Lipinski definition) is 1. The van der Waals surface area contributed by atoms with Gasteiger partial charge in [-0.25, -0.2) is 0 Å². The summed E-state index contributed by atoms with van der Waals surface area (Å²) in [7, 11) is 0. The van der Waals surface area contributed by atoms with Gasteiger partial charge in [-0.2, -0.15) is 13.2 Å². The summed E-state index contributed by atoms with van der Waals surface area (Å²) in [4.78, 5) is 11.1. The van der Waals surface area contributed by atoms with Crippen LogP contribution in [0.15, 0.2) is 32.9 Å². The lowest BCUT2D eigenvalue weighted by atomic mass is 9.79. The van der Waals surface area contributed by atoms with Crippen LogP contribution in [0, 0.1) is 11.8 Å². The molecule has 0 aromatic carbocycles. The van der Waals surface area contributed by atoms with E-state index in [1.807, 2.05) is 0 Å². The first-order valence-corrected chi connectivity index (χ1v) is 7.22. The van der Waals surface area contributed by atoms with E-state index in [1.165, 1.54) is 0 Å². The lowest BCUT2D eigenvalue weighted by Crippen LogP contribution is -2.30. The molecule has 2 aliphatic rings. The van der Waals surface area contributed by atoms with E-state index in [1.54, 1.807) is 12.2 Å². The molecule has 1 N–H and O–H groups in total. The van der Waals surface area contributed by atoms with Gasteiger partial charge >= 0.3 is 6.18 Å². The van der Waals surface area contributed by atoms with Gasteiger partial charge in [-0.3, -0.25) is 4.79 Å². The molecule has 0 fully saturated rings. The second kappa shape index (κ2) is 5.93. The lowest BCUT2D eigenvalue weighted by Gasteiger charge is -2.31. The van der Waals surface area contributed by atoms with E-state index in [2.05, 4.69) is 21.2 Å². The van der Waals surface area contributed by atoms with Crippen molar-refractivity contribution in [1.82, 2.24) is 5.32 Å². The van der Waals surface area contributed by atoms with Crippen molar-refractivity contribution in [3.8, 4) is 0 Å². The van der Waals surface area contributed by atoms with Gasteiger partial charge in [-0.05, 0) is 22.9 Å². The Balaban J connectivity index is 2.31. The van der Waals surface area contributed by atoms with Crippen LogP contribution in [0.2, 0.25) is 0 Å². The van der Waals surface area contributed by atoms with Gasteiger partial charge in [0.15, 0.2) is 6.29 Å². The molecule has 0 radical (unpaired) electrons. The molecule has 2 nitrogen and oxygen atoms in total. The van der Waals surface area contributed by atoms with Gasteiger partial charge in [0.25, 0.3) is 0 Å². The molecule has 1 aliphatic carbocycles. The Bertz CT molecular complexity index is 510. The van der Waals surface area contributed by atoms with E-state index in [0.29, 0.717) is 22.9 Å². The van der Waals surface area contributed by atoms with Crippen molar-refractivity contribution < 1.29 is 18.0 Å². The number of nitrogens with one attached hydrogen (secondary N) is 1. The van der Waals surface area contributed by atoms with Crippen molar-refractivity contribution >= 4 is 33.8 Å². The van der Waals surface area contributed by atoms with E-state index in [0.717, 1.165) is 0 Å². The SMILES string of the molecule is O=CC1=C(Cl)NCC=C1C1C=C(Br)CC(C(F)(F)F)C1. The predicted octanol–water partition coefficient (Wildman–Crippen LogP) is 4.03. The Kier molecular flexibility index (Phi) is 4.64. The largest absolute Gasteiger partial charge is 0.392 e. The molecule has 2 atom stereocenters. The molecule has 20 heavy (non-hydrogen) atoms. The second-order valence-electron chi connectivity index (χ2n) is 4.78. The highest BCUT2D eigenvalue weighted by molar-refractivity contribution is 9.11. The molecule has 2 rings (SSSR count). The number of hydrogen-bond acceptors (Lipinski definition) is 2. The molecule has 7 heteroatoms. The van der Waals surface area contributed by atoms with E-state index < -0.39 is 18.0 Å². The van der Waals surface area contributed by atoms with Crippen molar-refractivity contribution in [2.75, 3.05) is 6.54 Å². The van der Waals surface area contributed by atoms with E-state index >= 15 is 0 Å². The van der Waals surface area contributed by atoms with Crippen molar-refractivity contribution in [3.05, 3.63) is 32.9 Å². The fourth-order valence-electron chi connectivity index (χ4n) is 2.50. The zero-order valence-electron chi connectivity index (χ0n) is 10.3. The summed E-state index contributed by atoms with van der Waals surface area (Å²) in [5.74, 6) is -1.87. The summed E-state index contributed by atoms with van der Waals surface area (Å²) in [6, 6.07) is 0. The maximum atomic E-state index is 12.9. The van der Waals surface area contributed by atoms with Crippen LogP contribution in [-0.2, 0) is 4.79 Å². The zero-order chi connectivity index (χ0) is 14.9. The highest BCUT2D eigenvalue weighted by Crippen LogP contribution is 2.44. The highest BCUT2D eigenvalue weighted by Gasteiger charge is 2.43. The number of carbonyl (C=O) groups is 1. The average molecular weight is 371 g/mol.